The molecule has 1 aliphatic rings. The number of benzene rings is 2. The summed E-state index contributed by atoms with van der Waals surface area (Å²) in [6.07, 6.45) is 0.100. The minimum Gasteiger partial charge on any atom is -0.467 e. The Labute approximate surface area is 355 Å². The molecule has 19 nitrogen and oxygen atoms in total. The average Bonchev–Trinajstić information content (AvgIpc) is 3.69. The number of anilines is 2. The Morgan fingerprint density at radius 2 is 1.28 bits per heavy atom. The van der Waals surface area contributed by atoms with Crippen LogP contribution in [0.4, 0.5) is 16.2 Å². The van der Waals surface area contributed by atoms with Crippen molar-refractivity contribution in [1.29, 1.82) is 0 Å². The number of ether oxygens (including phenoxy) is 2. The molecular formula is C42H58N8O11. The number of hydrogen-bond acceptors (Lipinski definition) is 11. The van der Waals surface area contributed by atoms with Gasteiger partial charge in [0.15, 0.2) is 0 Å². The smallest absolute Gasteiger partial charge is 0.408 e. The minimum absolute atomic E-state index is 0.142. The van der Waals surface area contributed by atoms with Crippen LogP contribution in [-0.4, -0.2) is 115 Å². The summed E-state index contributed by atoms with van der Waals surface area (Å²) in [5, 5.41) is 18.0. The molecule has 19 heteroatoms. The fourth-order valence-corrected chi connectivity index (χ4v) is 6.11. The molecule has 0 saturated carbocycles. The number of carbonyl (C=O) groups excluding carboxylic acids is 9. The molecule has 2 aromatic carbocycles. The third-order valence-electron chi connectivity index (χ3n) is 9.25. The number of rotatable bonds is 17. The molecule has 332 valence electrons. The van der Waals surface area contributed by atoms with Gasteiger partial charge in [-0.2, -0.15) is 0 Å². The highest BCUT2D eigenvalue weighted by Gasteiger charge is 2.35. The lowest BCUT2D eigenvalue weighted by Crippen LogP contribution is -2.55. The molecule has 0 aromatic heterocycles. The number of carbonyl (C=O) groups is 9. The van der Waals surface area contributed by atoms with Crippen LogP contribution in [0, 0.1) is 11.8 Å². The van der Waals surface area contributed by atoms with Crippen LogP contribution in [0.1, 0.15) is 88.9 Å². The van der Waals surface area contributed by atoms with Gasteiger partial charge in [0, 0.05) is 29.0 Å². The molecule has 1 heterocycles. The first-order chi connectivity index (χ1) is 28.6. The number of nitrogens with zero attached hydrogens (tertiary/aromatic N) is 1. The molecule has 8 amide bonds. The number of likely N-dealkylation sites (tertiary alicyclic amines) is 1. The average molecular weight is 851 g/mol. The highest BCUT2D eigenvalue weighted by atomic mass is 16.6. The molecule has 2 aromatic rings. The Morgan fingerprint density at radius 1 is 0.721 bits per heavy atom. The van der Waals surface area contributed by atoms with Crippen LogP contribution >= 0.6 is 0 Å². The molecule has 1 aliphatic heterocycles. The molecule has 0 radical (unpaired) electrons. The first-order valence-electron chi connectivity index (χ1n) is 19.9. The van der Waals surface area contributed by atoms with Crippen molar-refractivity contribution >= 4 is 64.8 Å². The molecule has 4 atom stereocenters. The van der Waals surface area contributed by atoms with Crippen LogP contribution < -0.4 is 37.2 Å². The van der Waals surface area contributed by atoms with E-state index in [2.05, 4.69) is 37.2 Å². The van der Waals surface area contributed by atoms with Crippen LogP contribution in [0.5, 0.6) is 0 Å². The van der Waals surface area contributed by atoms with Crippen molar-refractivity contribution in [2.45, 2.75) is 98.0 Å². The van der Waals surface area contributed by atoms with Gasteiger partial charge in [0.2, 0.25) is 29.5 Å². The fraction of sp³-hybridized carbons (Fsp3) is 0.500. The van der Waals surface area contributed by atoms with Crippen LogP contribution in [0.2, 0.25) is 0 Å². The Bertz CT molecular complexity index is 1960. The van der Waals surface area contributed by atoms with Gasteiger partial charge in [0.05, 0.1) is 20.2 Å². The molecule has 1 saturated heterocycles. The van der Waals surface area contributed by atoms with Crippen molar-refractivity contribution in [2.24, 2.45) is 11.8 Å². The lowest BCUT2D eigenvalue weighted by molar-refractivity contribution is -0.146. The van der Waals surface area contributed by atoms with Crippen molar-refractivity contribution in [3.05, 3.63) is 59.7 Å². The van der Waals surface area contributed by atoms with Gasteiger partial charge < -0.3 is 51.6 Å². The minimum atomic E-state index is -0.989. The maximum atomic E-state index is 13.6. The van der Waals surface area contributed by atoms with Crippen molar-refractivity contribution in [2.75, 3.05) is 37.4 Å². The van der Waals surface area contributed by atoms with Crippen LogP contribution in [0.15, 0.2) is 48.5 Å². The van der Waals surface area contributed by atoms with Gasteiger partial charge in [-0.25, -0.2) is 9.59 Å². The van der Waals surface area contributed by atoms with E-state index >= 15 is 0 Å². The lowest BCUT2D eigenvalue weighted by Gasteiger charge is -2.26. The molecule has 61 heavy (non-hydrogen) atoms. The molecule has 7 N–H and O–H groups in total. The summed E-state index contributed by atoms with van der Waals surface area (Å²) < 4.78 is 9.93. The number of amides is 8. The maximum absolute atomic E-state index is 13.6. The van der Waals surface area contributed by atoms with E-state index in [4.69, 9.17) is 9.47 Å². The Morgan fingerprint density at radius 3 is 1.84 bits per heavy atom. The van der Waals surface area contributed by atoms with Crippen LogP contribution in [-0.2, 0) is 38.2 Å². The second kappa shape index (κ2) is 22.2. The summed E-state index contributed by atoms with van der Waals surface area (Å²) in [4.78, 5) is 117. The molecule has 0 aliphatic carbocycles. The molecule has 0 unspecified atom stereocenters. The highest BCUT2D eigenvalue weighted by Crippen LogP contribution is 2.22. The summed E-state index contributed by atoms with van der Waals surface area (Å²) in [5.41, 5.74) is 0.0987. The first kappa shape index (κ1) is 48.8. The van der Waals surface area contributed by atoms with Crippen LogP contribution in [0.25, 0.3) is 0 Å². The largest absolute Gasteiger partial charge is 0.467 e. The van der Waals surface area contributed by atoms with E-state index in [-0.39, 0.29) is 40.9 Å². The summed E-state index contributed by atoms with van der Waals surface area (Å²) in [5.74, 6) is -5.19. The van der Waals surface area contributed by atoms with E-state index in [1.165, 1.54) is 49.3 Å². The number of esters is 1. The van der Waals surface area contributed by atoms with Gasteiger partial charge in [0.25, 0.3) is 11.8 Å². The van der Waals surface area contributed by atoms with Gasteiger partial charge in [-0.05, 0) is 88.8 Å². The predicted octanol–water partition coefficient (Wildman–Crippen LogP) is 2.08. The van der Waals surface area contributed by atoms with E-state index in [1.54, 1.807) is 66.7 Å². The second-order valence-electron chi connectivity index (χ2n) is 16.2. The topological polar surface area (TPSA) is 260 Å². The van der Waals surface area contributed by atoms with Gasteiger partial charge in [-0.15, -0.1) is 0 Å². The molecule has 1 fully saturated rings. The number of nitrogens with one attached hydrogen (secondary N) is 7. The quantitative estimate of drug-likeness (QED) is 0.113. The third kappa shape index (κ3) is 15.2. The lowest BCUT2D eigenvalue weighted by atomic mass is 10.00. The van der Waals surface area contributed by atoms with E-state index in [1.807, 2.05) is 0 Å². The third-order valence-corrected chi connectivity index (χ3v) is 9.25. The zero-order chi connectivity index (χ0) is 45.6. The molecule has 3 rings (SSSR count). The van der Waals surface area contributed by atoms with Gasteiger partial charge in [-0.3, -0.25) is 33.6 Å². The van der Waals surface area contributed by atoms with Crippen molar-refractivity contribution in [1.82, 2.24) is 31.5 Å². The fourth-order valence-electron chi connectivity index (χ4n) is 6.11. The van der Waals surface area contributed by atoms with Crippen LogP contribution in [0.3, 0.4) is 0 Å². The second-order valence-corrected chi connectivity index (χ2v) is 16.2. The number of alkyl carbamates (subject to hydrolysis) is 1. The SMILES string of the molecule is COC(=O)[C@@H](NC(=O)[C@@H](NC(=O)c1cccc(NC(=O)CNC(=O)[C@H]2CCCN2C(=O)c2cccc(NC(=O)CNC(=O)[C@H](C)NC(=O)OC(C)(C)C)c2)c1)C(C)C)C(C)C. The van der Waals surface area contributed by atoms with Gasteiger partial charge in [-0.1, -0.05) is 39.8 Å². The zero-order valence-corrected chi connectivity index (χ0v) is 36.1. The van der Waals surface area contributed by atoms with E-state index < -0.39 is 96.3 Å². The molecular weight excluding hydrogens is 793 g/mol. The van der Waals surface area contributed by atoms with E-state index in [9.17, 15) is 43.2 Å². The molecule has 0 spiro atoms. The maximum Gasteiger partial charge on any atom is 0.408 e. The van der Waals surface area contributed by atoms with Gasteiger partial charge >= 0.3 is 12.1 Å². The van der Waals surface area contributed by atoms with E-state index in [0.29, 0.717) is 12.8 Å². The van der Waals surface area contributed by atoms with Crippen molar-refractivity contribution in [3.8, 4) is 0 Å². The van der Waals surface area contributed by atoms with Gasteiger partial charge in [0.1, 0.15) is 29.8 Å². The standard InChI is InChI=1S/C42H58N8O11/c1-23(2)33(38(56)49-34(24(3)4)40(58)60-9)48-36(54)26-13-10-15-28(19-26)46-32(52)22-44-37(55)30-17-12-18-50(30)39(57)27-14-11-16-29(20-27)47-31(51)21-43-35(53)25(5)45-41(59)61-42(6,7)8/h10-11,13-16,19-20,23-25,30,33-34H,12,17-18,21-22H2,1-9H3,(H,43,53)(H,44,55)(H,45,59)(H,46,52)(H,47,51)(H,48,54)(H,49,56)/t25-,30+,33-,34-/m0/s1. The summed E-state index contributed by atoms with van der Waals surface area (Å²) in [6.45, 7) is 12.9. The summed E-state index contributed by atoms with van der Waals surface area (Å²) in [7, 11) is 1.22. The first-order valence-corrected chi connectivity index (χ1v) is 19.9. The highest BCUT2D eigenvalue weighted by molar-refractivity contribution is 6.02. The monoisotopic (exact) mass is 850 g/mol. The predicted molar refractivity (Wildman–Crippen MR) is 224 cm³/mol. The number of methoxy groups -OCH3 is 1. The normalized spacial score (nSPS) is 15.1. The Hall–Kier alpha value is -6.53. The summed E-state index contributed by atoms with van der Waals surface area (Å²) >= 11 is 0. The van der Waals surface area contributed by atoms with Crippen molar-refractivity contribution in [3.63, 3.8) is 0 Å². The van der Waals surface area contributed by atoms with E-state index in [0.717, 1.165) is 0 Å². The number of hydrogen-bond donors (Lipinski definition) is 7. The molecule has 0 bridgehead atoms. The Kier molecular flexibility index (Phi) is 17.8. The summed E-state index contributed by atoms with van der Waals surface area (Å²) in [6, 6.07) is 8.32. The Balaban J connectivity index is 1.53. The van der Waals surface area contributed by atoms with Crippen molar-refractivity contribution < 1.29 is 52.6 Å². The zero-order valence-electron chi connectivity index (χ0n) is 36.1.